The van der Waals surface area contributed by atoms with Crippen molar-refractivity contribution in [2.45, 2.75) is 43.0 Å². The maximum Gasteiger partial charge on any atom is 0.253 e. The van der Waals surface area contributed by atoms with E-state index in [0.717, 1.165) is 29.5 Å². The fourth-order valence-corrected chi connectivity index (χ4v) is 5.27. The second kappa shape index (κ2) is 8.32. The molecule has 0 radical (unpaired) electrons. The van der Waals surface area contributed by atoms with Crippen LogP contribution in [-0.2, 0) is 0 Å². The van der Waals surface area contributed by atoms with Gasteiger partial charge in [-0.15, -0.1) is 11.8 Å². The number of piperidine rings is 1. The Balaban J connectivity index is 1.40. The van der Waals surface area contributed by atoms with Crippen LogP contribution in [0.25, 0.3) is 0 Å². The van der Waals surface area contributed by atoms with Crippen molar-refractivity contribution in [2.75, 3.05) is 38.5 Å². The van der Waals surface area contributed by atoms with E-state index in [4.69, 9.17) is 5.11 Å². The highest BCUT2D eigenvalue weighted by Gasteiger charge is 2.37. The van der Waals surface area contributed by atoms with E-state index in [0.29, 0.717) is 17.7 Å². The summed E-state index contributed by atoms with van der Waals surface area (Å²) in [6.07, 6.45) is 6.72. The Morgan fingerprint density at radius 1 is 1.08 bits per heavy atom. The zero-order chi connectivity index (χ0) is 17.9. The lowest BCUT2D eigenvalue weighted by Gasteiger charge is -2.40. The minimum Gasteiger partial charge on any atom is -0.396 e. The molecule has 4 aliphatic rings. The number of aliphatic hydroxyl groups excluding tert-OH is 1. The third kappa shape index (κ3) is 4.10. The second-order valence-electron chi connectivity index (χ2n) is 8.15. The number of nitrogens with zero attached hydrogens (tertiary/aromatic N) is 2. The molecule has 5 heteroatoms. The summed E-state index contributed by atoms with van der Waals surface area (Å²) in [7, 11) is 0. The average molecular weight is 375 g/mol. The van der Waals surface area contributed by atoms with Crippen LogP contribution in [0.2, 0.25) is 0 Å². The summed E-state index contributed by atoms with van der Waals surface area (Å²) in [6.45, 7) is 4.42. The molecule has 4 nitrogen and oxygen atoms in total. The molecule has 1 aromatic rings. The monoisotopic (exact) mass is 374 g/mol. The number of fused-ring (bicyclic) bond motifs is 4. The van der Waals surface area contributed by atoms with Crippen LogP contribution in [0.5, 0.6) is 0 Å². The number of carbonyl (C=O) groups excluding carboxylic acids is 1. The van der Waals surface area contributed by atoms with Gasteiger partial charge in [0.15, 0.2) is 0 Å². The van der Waals surface area contributed by atoms with Gasteiger partial charge in [0, 0.05) is 48.4 Å². The van der Waals surface area contributed by atoms with E-state index in [1.807, 2.05) is 24.3 Å². The molecule has 0 unspecified atom stereocenters. The van der Waals surface area contributed by atoms with Gasteiger partial charge >= 0.3 is 0 Å². The summed E-state index contributed by atoms with van der Waals surface area (Å²) in [4.78, 5) is 19.0. The molecule has 1 aliphatic carbocycles. The lowest BCUT2D eigenvalue weighted by molar-refractivity contribution is 0.0717. The summed E-state index contributed by atoms with van der Waals surface area (Å²) in [5, 5.41) is 8.93. The molecule has 1 aromatic carbocycles. The number of carbonyl (C=O) groups is 1. The standard InChI is InChI=1S/C21H30N2O2S/c24-10-11-26-20-8-5-18(6-9-20)21(25)23-14-17-4-7-19(15-23)22(13-17)12-16-2-1-3-16/h5-6,8-9,16-17,19,24H,1-4,7,10-15H2/t17-,19-/m1/s1. The molecule has 1 amide bonds. The molecular formula is C21H30N2O2S. The number of hydrogen-bond acceptors (Lipinski definition) is 4. The third-order valence-electron chi connectivity index (χ3n) is 6.29. The molecule has 1 saturated carbocycles. The van der Waals surface area contributed by atoms with Gasteiger partial charge in [0.05, 0.1) is 6.61 Å². The van der Waals surface area contributed by atoms with Crippen molar-refractivity contribution in [3.8, 4) is 0 Å². The highest BCUT2D eigenvalue weighted by Crippen LogP contribution is 2.33. The van der Waals surface area contributed by atoms with E-state index in [9.17, 15) is 4.79 Å². The van der Waals surface area contributed by atoms with E-state index < -0.39 is 0 Å². The Morgan fingerprint density at radius 3 is 2.58 bits per heavy atom. The molecule has 0 spiro atoms. The van der Waals surface area contributed by atoms with Crippen molar-refractivity contribution in [3.05, 3.63) is 29.8 Å². The lowest BCUT2D eigenvalue weighted by Crippen LogP contribution is -2.47. The van der Waals surface area contributed by atoms with E-state index in [1.165, 1.54) is 45.2 Å². The van der Waals surface area contributed by atoms with Crippen molar-refractivity contribution in [1.82, 2.24) is 9.80 Å². The first-order chi connectivity index (χ1) is 12.7. The molecule has 3 aliphatic heterocycles. The van der Waals surface area contributed by atoms with Gasteiger partial charge in [0.2, 0.25) is 0 Å². The van der Waals surface area contributed by atoms with Crippen LogP contribution in [0.3, 0.4) is 0 Å². The molecule has 26 heavy (non-hydrogen) atoms. The highest BCUT2D eigenvalue weighted by molar-refractivity contribution is 7.99. The van der Waals surface area contributed by atoms with Crippen molar-refractivity contribution in [2.24, 2.45) is 11.8 Å². The summed E-state index contributed by atoms with van der Waals surface area (Å²) < 4.78 is 0. The molecule has 4 fully saturated rings. The Morgan fingerprint density at radius 2 is 1.88 bits per heavy atom. The van der Waals surface area contributed by atoms with Crippen LogP contribution in [0.1, 0.15) is 42.5 Å². The Kier molecular flexibility index (Phi) is 5.87. The minimum absolute atomic E-state index is 0.180. The number of thioether (sulfide) groups is 1. The van der Waals surface area contributed by atoms with E-state index in [-0.39, 0.29) is 12.5 Å². The first-order valence-corrected chi connectivity index (χ1v) is 11.1. The van der Waals surface area contributed by atoms with Gasteiger partial charge in [0.1, 0.15) is 0 Å². The van der Waals surface area contributed by atoms with Gasteiger partial charge in [-0.1, -0.05) is 6.42 Å². The molecule has 142 valence electrons. The number of hydrogen-bond donors (Lipinski definition) is 1. The van der Waals surface area contributed by atoms with Gasteiger partial charge in [0.25, 0.3) is 5.91 Å². The summed E-state index contributed by atoms with van der Waals surface area (Å²) in [5.74, 6) is 2.42. The minimum atomic E-state index is 0.180. The zero-order valence-electron chi connectivity index (χ0n) is 15.5. The highest BCUT2D eigenvalue weighted by atomic mass is 32.2. The predicted molar refractivity (Wildman–Crippen MR) is 106 cm³/mol. The van der Waals surface area contributed by atoms with Crippen molar-refractivity contribution in [3.63, 3.8) is 0 Å². The van der Waals surface area contributed by atoms with Crippen molar-refractivity contribution < 1.29 is 9.90 Å². The molecule has 1 N–H and O–H groups in total. The summed E-state index contributed by atoms with van der Waals surface area (Å²) in [6, 6.07) is 8.45. The topological polar surface area (TPSA) is 43.8 Å². The van der Waals surface area contributed by atoms with Crippen LogP contribution in [-0.4, -0.2) is 65.4 Å². The van der Waals surface area contributed by atoms with Crippen LogP contribution >= 0.6 is 11.8 Å². The van der Waals surface area contributed by atoms with E-state index >= 15 is 0 Å². The second-order valence-corrected chi connectivity index (χ2v) is 9.32. The molecule has 2 atom stereocenters. The van der Waals surface area contributed by atoms with Crippen LogP contribution in [0, 0.1) is 11.8 Å². The number of benzene rings is 1. The van der Waals surface area contributed by atoms with Gasteiger partial charge in [-0.2, -0.15) is 0 Å². The maximum absolute atomic E-state index is 13.1. The first-order valence-electron chi connectivity index (χ1n) is 10.1. The molecule has 0 aromatic heterocycles. The number of aliphatic hydroxyl groups is 1. The molecule has 3 heterocycles. The van der Waals surface area contributed by atoms with E-state index in [2.05, 4.69) is 9.80 Å². The van der Waals surface area contributed by atoms with Gasteiger partial charge in [-0.3, -0.25) is 9.69 Å². The Bertz CT molecular complexity index is 617. The Labute approximate surface area is 160 Å². The molecular weight excluding hydrogens is 344 g/mol. The SMILES string of the molecule is O=C(c1ccc(SCCO)cc1)N1C[C@@H]2CC[C@H](C1)N(CC1CCC1)C2. The first kappa shape index (κ1) is 18.3. The van der Waals surface area contributed by atoms with Crippen LogP contribution < -0.4 is 0 Å². The molecule has 2 bridgehead atoms. The quantitative estimate of drug-likeness (QED) is 0.777. The van der Waals surface area contributed by atoms with Crippen molar-refractivity contribution >= 4 is 17.7 Å². The smallest absolute Gasteiger partial charge is 0.253 e. The average Bonchev–Trinajstić information content (AvgIpc) is 2.94. The van der Waals surface area contributed by atoms with E-state index in [1.54, 1.807) is 11.8 Å². The fraction of sp³-hybridized carbons (Fsp3) is 0.667. The lowest BCUT2D eigenvalue weighted by atomic mass is 9.83. The number of amides is 1. The van der Waals surface area contributed by atoms with Crippen LogP contribution in [0.4, 0.5) is 0 Å². The summed E-state index contributed by atoms with van der Waals surface area (Å²) in [5.41, 5.74) is 0.796. The third-order valence-corrected chi connectivity index (χ3v) is 7.29. The van der Waals surface area contributed by atoms with Gasteiger partial charge < -0.3 is 10.0 Å². The number of rotatable bonds is 6. The molecule has 3 saturated heterocycles. The Hall–Kier alpha value is -1.04. The maximum atomic E-state index is 13.1. The van der Waals surface area contributed by atoms with Crippen LogP contribution in [0.15, 0.2) is 29.2 Å². The van der Waals surface area contributed by atoms with Gasteiger partial charge in [-0.25, -0.2) is 0 Å². The zero-order valence-corrected chi connectivity index (χ0v) is 16.3. The largest absolute Gasteiger partial charge is 0.396 e. The fourth-order valence-electron chi connectivity index (χ4n) is 4.62. The molecule has 5 rings (SSSR count). The van der Waals surface area contributed by atoms with Crippen molar-refractivity contribution in [1.29, 1.82) is 0 Å². The normalized spacial score (nSPS) is 26.6. The summed E-state index contributed by atoms with van der Waals surface area (Å²) >= 11 is 1.62. The predicted octanol–water partition coefficient (Wildman–Crippen LogP) is 3.11. The van der Waals surface area contributed by atoms with Gasteiger partial charge in [-0.05, 0) is 61.8 Å².